The van der Waals surface area contributed by atoms with Gasteiger partial charge in [0.1, 0.15) is 11.2 Å². The van der Waals surface area contributed by atoms with Crippen molar-refractivity contribution in [1.29, 1.82) is 0 Å². The SMILES string of the molecule is Cc1ccc2c(Cl)cc(Cl)c(OC(=O)c3ccc(N4CCC(C)CC4)c([N+](=O)[O-])c3)c2n1. The second-order valence-corrected chi connectivity index (χ2v) is 8.85. The number of halogens is 2. The van der Waals surface area contributed by atoms with Crippen LogP contribution in [0, 0.1) is 23.0 Å². The van der Waals surface area contributed by atoms with Gasteiger partial charge in [0.05, 0.1) is 20.5 Å². The highest BCUT2D eigenvalue weighted by atomic mass is 35.5. The molecule has 3 aromatic rings. The number of nitro benzene ring substituents is 1. The van der Waals surface area contributed by atoms with Gasteiger partial charge in [0.25, 0.3) is 5.69 Å². The number of nitrogens with zero attached hydrogens (tertiary/aromatic N) is 3. The van der Waals surface area contributed by atoms with Gasteiger partial charge >= 0.3 is 5.97 Å². The summed E-state index contributed by atoms with van der Waals surface area (Å²) in [5.74, 6) is -0.104. The summed E-state index contributed by atoms with van der Waals surface area (Å²) < 4.78 is 5.56. The van der Waals surface area contributed by atoms with Crippen molar-refractivity contribution in [2.75, 3.05) is 18.0 Å². The van der Waals surface area contributed by atoms with Crippen molar-refractivity contribution in [2.45, 2.75) is 26.7 Å². The molecule has 1 aliphatic rings. The minimum atomic E-state index is -0.763. The second kappa shape index (κ2) is 8.92. The van der Waals surface area contributed by atoms with E-state index in [1.165, 1.54) is 18.2 Å². The highest BCUT2D eigenvalue weighted by Crippen LogP contribution is 2.38. The molecular formula is C23H21Cl2N3O4. The number of benzene rings is 2. The molecule has 0 amide bonds. The molecule has 1 aliphatic heterocycles. The average molecular weight is 474 g/mol. The van der Waals surface area contributed by atoms with E-state index in [1.54, 1.807) is 25.1 Å². The van der Waals surface area contributed by atoms with Gasteiger partial charge in [-0.25, -0.2) is 9.78 Å². The number of carbonyl (C=O) groups excluding carboxylic acids is 1. The van der Waals surface area contributed by atoms with E-state index in [-0.39, 0.29) is 22.0 Å². The normalized spacial score (nSPS) is 14.6. The molecule has 0 spiro atoms. The summed E-state index contributed by atoms with van der Waals surface area (Å²) in [7, 11) is 0. The number of nitro groups is 1. The van der Waals surface area contributed by atoms with Crippen molar-refractivity contribution in [3.63, 3.8) is 0 Å². The summed E-state index contributed by atoms with van der Waals surface area (Å²) in [6.45, 7) is 5.45. The number of piperidine rings is 1. The minimum absolute atomic E-state index is 0.0534. The summed E-state index contributed by atoms with van der Waals surface area (Å²) in [6.07, 6.45) is 1.94. The Balaban J connectivity index is 1.68. The quantitative estimate of drug-likeness (QED) is 0.193. The van der Waals surface area contributed by atoms with Crippen LogP contribution in [0.3, 0.4) is 0 Å². The van der Waals surface area contributed by atoms with E-state index in [0.717, 1.165) is 25.9 Å². The summed E-state index contributed by atoms with van der Waals surface area (Å²) in [6, 6.07) is 9.43. The minimum Gasteiger partial charge on any atom is -0.419 e. The number of anilines is 1. The highest BCUT2D eigenvalue weighted by Gasteiger charge is 2.26. The first-order chi connectivity index (χ1) is 15.2. The predicted molar refractivity (Wildman–Crippen MR) is 125 cm³/mol. The van der Waals surface area contributed by atoms with Crippen molar-refractivity contribution in [3.05, 3.63) is 67.8 Å². The third kappa shape index (κ3) is 4.36. The Morgan fingerprint density at radius 2 is 1.88 bits per heavy atom. The van der Waals surface area contributed by atoms with Crippen LogP contribution in [0.5, 0.6) is 5.75 Å². The molecule has 0 atom stereocenters. The summed E-state index contributed by atoms with van der Waals surface area (Å²) in [5, 5.41) is 12.8. The van der Waals surface area contributed by atoms with Crippen LogP contribution >= 0.6 is 23.2 Å². The van der Waals surface area contributed by atoms with Crippen LogP contribution in [0.2, 0.25) is 10.0 Å². The topological polar surface area (TPSA) is 85.6 Å². The molecule has 4 rings (SSSR count). The molecule has 2 aromatic carbocycles. The molecule has 0 aliphatic carbocycles. The van der Waals surface area contributed by atoms with Gasteiger partial charge in [-0.15, -0.1) is 0 Å². The Morgan fingerprint density at radius 1 is 1.16 bits per heavy atom. The van der Waals surface area contributed by atoms with E-state index < -0.39 is 10.9 Å². The highest BCUT2D eigenvalue weighted by molar-refractivity contribution is 6.39. The van der Waals surface area contributed by atoms with Crippen molar-refractivity contribution >= 4 is 51.4 Å². The number of ether oxygens (including phenoxy) is 1. The molecule has 1 aromatic heterocycles. The Morgan fingerprint density at radius 3 is 2.56 bits per heavy atom. The predicted octanol–water partition coefficient (Wildman–Crippen LogP) is 6.21. The monoisotopic (exact) mass is 473 g/mol. The second-order valence-electron chi connectivity index (χ2n) is 8.04. The largest absolute Gasteiger partial charge is 0.419 e. The standard InChI is InChI=1S/C23H21Cl2N3O4/c1-13-7-9-27(10-8-13)19-6-4-15(11-20(19)28(30)31)23(29)32-22-18(25)12-17(24)16-5-3-14(2)26-21(16)22/h3-6,11-13H,7-10H2,1-2H3. The fourth-order valence-corrected chi connectivity index (χ4v) is 4.41. The van der Waals surface area contributed by atoms with Crippen molar-refractivity contribution < 1.29 is 14.5 Å². The van der Waals surface area contributed by atoms with E-state index in [2.05, 4.69) is 11.9 Å². The Bertz CT molecular complexity index is 1220. The number of aromatic nitrogens is 1. The van der Waals surface area contributed by atoms with E-state index >= 15 is 0 Å². The lowest BCUT2D eigenvalue weighted by atomic mass is 9.98. The van der Waals surface area contributed by atoms with E-state index in [9.17, 15) is 14.9 Å². The smallest absolute Gasteiger partial charge is 0.343 e. The maximum absolute atomic E-state index is 12.9. The third-order valence-corrected chi connectivity index (χ3v) is 6.30. The van der Waals surface area contributed by atoms with Crippen molar-refractivity contribution in [3.8, 4) is 5.75 Å². The van der Waals surface area contributed by atoms with E-state index in [1.807, 2.05) is 4.90 Å². The molecule has 1 fully saturated rings. The van der Waals surface area contributed by atoms with Crippen LogP contribution < -0.4 is 9.64 Å². The van der Waals surface area contributed by atoms with Crippen molar-refractivity contribution in [1.82, 2.24) is 4.98 Å². The molecule has 0 bridgehead atoms. The first kappa shape index (κ1) is 22.3. The first-order valence-corrected chi connectivity index (χ1v) is 11.0. The zero-order valence-corrected chi connectivity index (χ0v) is 19.1. The van der Waals surface area contributed by atoms with Gasteiger partial charge in [-0.1, -0.05) is 30.1 Å². The molecule has 2 heterocycles. The Kier molecular flexibility index (Phi) is 6.22. The van der Waals surface area contributed by atoms with Gasteiger partial charge in [0, 0.05) is 30.2 Å². The molecule has 7 nitrogen and oxygen atoms in total. The van der Waals surface area contributed by atoms with Crippen LogP contribution in [0.4, 0.5) is 11.4 Å². The number of rotatable bonds is 4. The van der Waals surface area contributed by atoms with Crippen LogP contribution in [0.25, 0.3) is 10.9 Å². The summed E-state index contributed by atoms with van der Waals surface area (Å²) >= 11 is 12.5. The van der Waals surface area contributed by atoms with Gasteiger partial charge in [-0.05, 0) is 56.0 Å². The molecule has 0 radical (unpaired) electrons. The molecule has 0 saturated carbocycles. The lowest BCUT2D eigenvalue weighted by Crippen LogP contribution is -2.33. The van der Waals surface area contributed by atoms with Gasteiger partial charge in [0.2, 0.25) is 0 Å². The molecule has 0 N–H and O–H groups in total. The lowest BCUT2D eigenvalue weighted by molar-refractivity contribution is -0.384. The summed E-state index contributed by atoms with van der Waals surface area (Å²) in [5.41, 5.74) is 1.48. The first-order valence-electron chi connectivity index (χ1n) is 10.3. The molecule has 0 unspecified atom stereocenters. The zero-order chi connectivity index (χ0) is 23.0. The van der Waals surface area contributed by atoms with E-state index in [0.29, 0.717) is 33.2 Å². The van der Waals surface area contributed by atoms with Gasteiger partial charge < -0.3 is 9.64 Å². The van der Waals surface area contributed by atoms with Crippen LogP contribution in [0.15, 0.2) is 36.4 Å². The molecule has 9 heteroatoms. The molecular weight excluding hydrogens is 453 g/mol. The van der Waals surface area contributed by atoms with Gasteiger partial charge in [-0.3, -0.25) is 10.1 Å². The number of hydrogen-bond donors (Lipinski definition) is 0. The van der Waals surface area contributed by atoms with Crippen LogP contribution in [-0.4, -0.2) is 29.0 Å². The number of esters is 1. The number of carbonyl (C=O) groups is 1. The van der Waals surface area contributed by atoms with Crippen molar-refractivity contribution in [2.24, 2.45) is 5.92 Å². The lowest BCUT2D eigenvalue weighted by Gasteiger charge is -2.31. The van der Waals surface area contributed by atoms with Gasteiger partial charge in [-0.2, -0.15) is 0 Å². The maximum Gasteiger partial charge on any atom is 0.343 e. The van der Waals surface area contributed by atoms with Gasteiger partial charge in [0.15, 0.2) is 5.75 Å². The fourth-order valence-electron chi connectivity index (χ4n) is 3.85. The zero-order valence-electron chi connectivity index (χ0n) is 17.6. The number of fused-ring (bicyclic) bond motifs is 1. The number of hydrogen-bond acceptors (Lipinski definition) is 6. The Hall–Kier alpha value is -2.90. The molecule has 1 saturated heterocycles. The summed E-state index contributed by atoms with van der Waals surface area (Å²) in [4.78, 5) is 30.6. The number of pyridine rings is 1. The average Bonchev–Trinajstić information content (AvgIpc) is 2.76. The molecule has 32 heavy (non-hydrogen) atoms. The van der Waals surface area contributed by atoms with E-state index in [4.69, 9.17) is 27.9 Å². The van der Waals surface area contributed by atoms with Crippen LogP contribution in [-0.2, 0) is 0 Å². The van der Waals surface area contributed by atoms with Crippen LogP contribution in [0.1, 0.15) is 35.8 Å². The Labute approximate surface area is 195 Å². The maximum atomic E-state index is 12.9. The molecule has 166 valence electrons. The fraction of sp³-hybridized carbons (Fsp3) is 0.304. The number of aryl methyl sites for hydroxylation is 1. The third-order valence-electron chi connectivity index (χ3n) is 5.70.